The third-order valence-electron chi connectivity index (χ3n) is 3.04. The molecule has 1 aromatic rings. The molecule has 90 valence electrons. The van der Waals surface area contributed by atoms with Crippen LogP contribution in [0.1, 0.15) is 30.7 Å². The molecule has 3 atom stereocenters. The van der Waals surface area contributed by atoms with Crippen LogP contribution in [0.25, 0.3) is 0 Å². The minimum atomic E-state index is -0.448. The Morgan fingerprint density at radius 1 is 1.69 bits per heavy atom. The molecule has 5 heteroatoms. The average molecular weight is 325 g/mol. The summed E-state index contributed by atoms with van der Waals surface area (Å²) >= 11 is 10.8. The van der Waals surface area contributed by atoms with Crippen LogP contribution in [0.5, 0.6) is 0 Å². The topological polar surface area (TPSA) is 32.3 Å². The lowest BCUT2D eigenvalue weighted by atomic mass is 9.91. The van der Waals surface area contributed by atoms with Gasteiger partial charge in [-0.05, 0) is 47.3 Å². The summed E-state index contributed by atoms with van der Waals surface area (Å²) in [5, 5.41) is 13.6. The van der Waals surface area contributed by atoms with Gasteiger partial charge in [0.25, 0.3) is 0 Å². The Morgan fingerprint density at radius 2 is 2.44 bits per heavy atom. The first-order chi connectivity index (χ1) is 7.58. The number of halogens is 2. The van der Waals surface area contributed by atoms with Gasteiger partial charge in [0.05, 0.1) is 0 Å². The minimum Gasteiger partial charge on any atom is -0.386 e. The van der Waals surface area contributed by atoms with Crippen molar-refractivity contribution in [3.05, 3.63) is 19.8 Å². The van der Waals surface area contributed by atoms with E-state index in [1.807, 2.05) is 6.07 Å². The maximum atomic E-state index is 10.3. The largest absolute Gasteiger partial charge is 0.386 e. The number of hydrogen-bond donors (Lipinski definition) is 2. The molecule has 0 spiro atoms. The van der Waals surface area contributed by atoms with Crippen LogP contribution in [0.4, 0.5) is 0 Å². The molecule has 1 aliphatic rings. The summed E-state index contributed by atoms with van der Waals surface area (Å²) in [6.45, 7) is 3.22. The van der Waals surface area contributed by atoms with Crippen molar-refractivity contribution in [1.29, 1.82) is 0 Å². The van der Waals surface area contributed by atoms with Crippen LogP contribution >= 0.6 is 38.9 Å². The second kappa shape index (κ2) is 5.36. The lowest BCUT2D eigenvalue weighted by Crippen LogP contribution is -2.41. The summed E-state index contributed by atoms with van der Waals surface area (Å²) in [6.07, 6.45) is 1.77. The molecule has 0 saturated carbocycles. The summed E-state index contributed by atoms with van der Waals surface area (Å²) in [5.74, 6) is 0.680. The van der Waals surface area contributed by atoms with Crippen LogP contribution in [0.15, 0.2) is 10.5 Å². The van der Waals surface area contributed by atoms with Crippen LogP contribution in [0.2, 0.25) is 4.34 Å². The first kappa shape index (κ1) is 12.8. The molecular weight excluding hydrogens is 310 g/mol. The number of aliphatic hydroxyl groups excluding tert-OH is 1. The van der Waals surface area contributed by atoms with Gasteiger partial charge in [-0.15, -0.1) is 11.3 Å². The fraction of sp³-hybridized carbons (Fsp3) is 0.636. The van der Waals surface area contributed by atoms with E-state index in [0.29, 0.717) is 10.3 Å². The van der Waals surface area contributed by atoms with Gasteiger partial charge < -0.3 is 10.4 Å². The molecule has 1 aromatic heterocycles. The summed E-state index contributed by atoms with van der Waals surface area (Å²) in [5.41, 5.74) is 0. The van der Waals surface area contributed by atoms with Gasteiger partial charge in [-0.3, -0.25) is 0 Å². The van der Waals surface area contributed by atoms with E-state index in [1.54, 1.807) is 0 Å². The maximum Gasteiger partial charge on any atom is 0.107 e. The van der Waals surface area contributed by atoms with Gasteiger partial charge in [0.2, 0.25) is 0 Å². The highest BCUT2D eigenvalue weighted by Crippen LogP contribution is 2.37. The average Bonchev–Trinajstić information content (AvgIpc) is 2.58. The molecule has 3 unspecified atom stereocenters. The molecule has 2 heterocycles. The molecule has 1 saturated heterocycles. The van der Waals surface area contributed by atoms with E-state index < -0.39 is 6.10 Å². The molecule has 0 amide bonds. The highest BCUT2D eigenvalue weighted by atomic mass is 79.9. The van der Waals surface area contributed by atoms with Crippen LogP contribution in [0.3, 0.4) is 0 Å². The molecule has 2 nitrogen and oxygen atoms in total. The second-order valence-corrected chi connectivity index (χ2v) is 6.95. The van der Waals surface area contributed by atoms with E-state index in [2.05, 4.69) is 28.2 Å². The van der Waals surface area contributed by atoms with Crippen molar-refractivity contribution in [2.75, 3.05) is 6.54 Å². The Morgan fingerprint density at radius 3 is 3.00 bits per heavy atom. The van der Waals surface area contributed by atoms with Crippen molar-refractivity contribution in [2.24, 2.45) is 5.92 Å². The van der Waals surface area contributed by atoms with Gasteiger partial charge in [-0.1, -0.05) is 18.5 Å². The molecule has 1 fully saturated rings. The van der Waals surface area contributed by atoms with Crippen molar-refractivity contribution in [3.63, 3.8) is 0 Å². The monoisotopic (exact) mass is 323 g/mol. The Labute approximate surface area is 113 Å². The third-order valence-corrected chi connectivity index (χ3v) is 5.58. The molecular formula is C11H15BrClNOS. The number of thiophene rings is 1. The lowest BCUT2D eigenvalue weighted by molar-refractivity contribution is 0.104. The van der Waals surface area contributed by atoms with Crippen molar-refractivity contribution >= 4 is 38.9 Å². The van der Waals surface area contributed by atoms with Gasteiger partial charge in [-0.25, -0.2) is 0 Å². The smallest absolute Gasteiger partial charge is 0.107 e. The van der Waals surface area contributed by atoms with Gasteiger partial charge in [0, 0.05) is 15.4 Å². The maximum absolute atomic E-state index is 10.3. The SMILES string of the molecule is CC1CCNC(C(O)c2cc(Br)c(Cl)s2)C1. The molecule has 2 rings (SSSR count). The zero-order valence-corrected chi connectivity index (χ0v) is 12.2. The Bertz CT molecular complexity index is 351. The minimum absolute atomic E-state index is 0.158. The normalized spacial score (nSPS) is 28.0. The molecule has 2 N–H and O–H groups in total. The zero-order chi connectivity index (χ0) is 11.7. The third kappa shape index (κ3) is 2.79. The van der Waals surface area contributed by atoms with E-state index in [9.17, 15) is 5.11 Å². The Hall–Kier alpha value is 0.390. The lowest BCUT2D eigenvalue weighted by Gasteiger charge is -2.31. The number of rotatable bonds is 2. The van der Waals surface area contributed by atoms with Crippen LogP contribution in [-0.2, 0) is 0 Å². The predicted octanol–water partition coefficient (Wildman–Crippen LogP) is 3.59. The van der Waals surface area contributed by atoms with E-state index in [-0.39, 0.29) is 6.04 Å². The first-order valence-electron chi connectivity index (χ1n) is 5.44. The summed E-state index contributed by atoms with van der Waals surface area (Å²) in [6, 6.07) is 2.07. The van der Waals surface area contributed by atoms with E-state index in [4.69, 9.17) is 11.6 Å². The van der Waals surface area contributed by atoms with E-state index in [0.717, 1.165) is 22.3 Å². The van der Waals surface area contributed by atoms with Crippen LogP contribution in [0, 0.1) is 5.92 Å². The first-order valence-corrected chi connectivity index (χ1v) is 7.43. The van der Waals surface area contributed by atoms with Gasteiger partial charge >= 0.3 is 0 Å². The number of piperidine rings is 1. The zero-order valence-electron chi connectivity index (χ0n) is 9.04. The molecule has 0 bridgehead atoms. The Kier molecular flexibility index (Phi) is 4.30. The summed E-state index contributed by atoms with van der Waals surface area (Å²) in [4.78, 5) is 0.934. The fourth-order valence-corrected chi connectivity index (χ4v) is 3.89. The van der Waals surface area contributed by atoms with E-state index >= 15 is 0 Å². The Balaban J connectivity index is 2.08. The van der Waals surface area contributed by atoms with E-state index in [1.165, 1.54) is 17.8 Å². The second-order valence-electron chi connectivity index (χ2n) is 4.41. The molecule has 1 aliphatic heterocycles. The van der Waals surface area contributed by atoms with Gasteiger partial charge in [0.15, 0.2) is 0 Å². The van der Waals surface area contributed by atoms with Crippen LogP contribution < -0.4 is 5.32 Å². The highest BCUT2D eigenvalue weighted by molar-refractivity contribution is 9.10. The summed E-state index contributed by atoms with van der Waals surface area (Å²) < 4.78 is 1.58. The quantitative estimate of drug-likeness (QED) is 0.871. The molecule has 0 radical (unpaired) electrons. The van der Waals surface area contributed by atoms with Crippen molar-refractivity contribution in [2.45, 2.75) is 31.9 Å². The molecule has 0 aliphatic carbocycles. The summed E-state index contributed by atoms with van der Waals surface area (Å²) in [7, 11) is 0. The predicted molar refractivity (Wildman–Crippen MR) is 72.2 cm³/mol. The van der Waals surface area contributed by atoms with Crippen molar-refractivity contribution in [3.8, 4) is 0 Å². The van der Waals surface area contributed by atoms with Gasteiger partial charge in [0.1, 0.15) is 10.4 Å². The number of nitrogens with one attached hydrogen (secondary N) is 1. The standard InChI is InChI=1S/C11H15BrClNOS/c1-6-2-3-14-8(4-6)10(15)9-5-7(12)11(13)16-9/h5-6,8,10,14-15H,2-4H2,1H3. The molecule has 16 heavy (non-hydrogen) atoms. The number of aliphatic hydroxyl groups is 1. The fourth-order valence-electron chi connectivity index (χ4n) is 2.10. The van der Waals surface area contributed by atoms with Crippen molar-refractivity contribution < 1.29 is 5.11 Å². The van der Waals surface area contributed by atoms with Crippen molar-refractivity contribution in [1.82, 2.24) is 5.32 Å². The van der Waals surface area contributed by atoms with Gasteiger partial charge in [-0.2, -0.15) is 0 Å². The van der Waals surface area contributed by atoms with Crippen LogP contribution in [-0.4, -0.2) is 17.7 Å². The highest BCUT2D eigenvalue weighted by Gasteiger charge is 2.27. The number of hydrogen-bond acceptors (Lipinski definition) is 3. The molecule has 0 aromatic carbocycles.